The molecule has 8 N–H and O–H groups in total. The standard InChI is InChI=1S/C29H32O15/c1-10-26(41-11(2)31)24(38)25(39)29(40-10)44-28-23(37)21(35)18(9-30)43-27(28)20-15(34)8-17-19(22(20)36)14(33)7-16(42-17)12-3-5-13(32)6-4-12/h3-8,10,18,21,23-30,32,34-39H,9H2,1-2H3/t10-,18+,21+,23-,24-,25+,26-,27-,28+,29-/m0/s1. The largest absolute Gasteiger partial charge is 0.508 e. The highest BCUT2D eigenvalue weighted by molar-refractivity contribution is 5.88. The number of ether oxygens (including phenoxy) is 4. The van der Waals surface area contributed by atoms with Crippen LogP contribution in [-0.4, -0.2) is 109 Å². The Kier molecular flexibility index (Phi) is 8.84. The van der Waals surface area contributed by atoms with Crippen LogP contribution in [0.3, 0.4) is 0 Å². The summed E-state index contributed by atoms with van der Waals surface area (Å²) in [7, 11) is 0. The monoisotopic (exact) mass is 620 g/mol. The van der Waals surface area contributed by atoms with E-state index in [0.29, 0.717) is 5.56 Å². The second kappa shape index (κ2) is 12.3. The van der Waals surface area contributed by atoms with Crippen molar-refractivity contribution in [2.45, 2.75) is 75.1 Å². The lowest BCUT2D eigenvalue weighted by Crippen LogP contribution is -2.62. The van der Waals surface area contributed by atoms with Crippen LogP contribution in [-0.2, 0) is 23.7 Å². The van der Waals surface area contributed by atoms with E-state index >= 15 is 0 Å². The van der Waals surface area contributed by atoms with Gasteiger partial charge in [-0.15, -0.1) is 0 Å². The number of carbonyl (C=O) groups excluding carboxylic acids is 1. The number of esters is 1. The Morgan fingerprint density at radius 1 is 0.909 bits per heavy atom. The Morgan fingerprint density at radius 3 is 2.20 bits per heavy atom. The molecule has 15 heteroatoms. The van der Waals surface area contributed by atoms with Crippen LogP contribution < -0.4 is 5.43 Å². The van der Waals surface area contributed by atoms with E-state index in [-0.39, 0.29) is 22.5 Å². The minimum atomic E-state index is -1.89. The van der Waals surface area contributed by atoms with Crippen LogP contribution in [0.25, 0.3) is 22.3 Å². The van der Waals surface area contributed by atoms with E-state index in [1.165, 1.54) is 31.2 Å². The SMILES string of the molecule is CC(=O)O[C@@H]1[C@@H](O)[C@@H](O)[C@H](O[C@@H]2[C@@H](O)[C@H](O)[C@@H](CO)O[C@H]2c2c(O)cc3oc(-c4ccc(O)cc4)cc(=O)c3c2O)O[C@H]1C. The van der Waals surface area contributed by atoms with Gasteiger partial charge in [0.1, 0.15) is 76.7 Å². The predicted octanol–water partition coefficient (Wildman–Crippen LogP) is -0.486. The molecule has 0 unspecified atom stereocenters. The summed E-state index contributed by atoms with van der Waals surface area (Å²) in [5.74, 6) is -2.21. The zero-order valence-corrected chi connectivity index (χ0v) is 23.4. The number of benzene rings is 2. The van der Waals surface area contributed by atoms with E-state index in [2.05, 4.69) is 0 Å². The van der Waals surface area contributed by atoms with Crippen molar-refractivity contribution < 1.29 is 69.0 Å². The summed E-state index contributed by atoms with van der Waals surface area (Å²) in [6, 6.07) is 7.82. The number of phenolic OH excluding ortho intramolecular Hbond substituents is 3. The topological polar surface area (TPSA) is 246 Å². The third-order valence-electron chi connectivity index (χ3n) is 7.68. The maximum absolute atomic E-state index is 13.2. The zero-order chi connectivity index (χ0) is 32.0. The molecule has 3 heterocycles. The molecule has 2 aromatic carbocycles. The van der Waals surface area contributed by atoms with Gasteiger partial charge in [-0.2, -0.15) is 0 Å². The molecule has 0 amide bonds. The van der Waals surface area contributed by atoms with Crippen molar-refractivity contribution in [3.05, 3.63) is 52.2 Å². The molecule has 3 aromatic rings. The van der Waals surface area contributed by atoms with Crippen molar-refractivity contribution in [1.82, 2.24) is 0 Å². The summed E-state index contributed by atoms with van der Waals surface area (Å²) in [6.07, 6.45) is -16.1. The van der Waals surface area contributed by atoms with Gasteiger partial charge in [0.05, 0.1) is 18.3 Å². The molecule has 2 aliphatic rings. The zero-order valence-electron chi connectivity index (χ0n) is 23.4. The van der Waals surface area contributed by atoms with Crippen LogP contribution in [0.15, 0.2) is 45.6 Å². The Balaban J connectivity index is 1.55. The average molecular weight is 621 g/mol. The molecule has 2 saturated heterocycles. The number of aliphatic hydroxyl groups is 5. The maximum atomic E-state index is 13.2. The minimum absolute atomic E-state index is 0.0196. The number of aliphatic hydroxyl groups excluding tert-OH is 5. The Labute approximate surface area is 248 Å². The summed E-state index contributed by atoms with van der Waals surface area (Å²) >= 11 is 0. The van der Waals surface area contributed by atoms with Gasteiger partial charge in [-0.25, -0.2) is 0 Å². The van der Waals surface area contributed by atoms with E-state index in [4.69, 9.17) is 23.4 Å². The van der Waals surface area contributed by atoms with Crippen molar-refractivity contribution in [2.75, 3.05) is 6.61 Å². The van der Waals surface area contributed by atoms with Crippen LogP contribution in [0.2, 0.25) is 0 Å². The second-order valence-electron chi connectivity index (χ2n) is 10.7. The van der Waals surface area contributed by atoms with Gasteiger partial charge >= 0.3 is 5.97 Å². The molecule has 2 aliphatic heterocycles. The first kappa shape index (κ1) is 31.6. The molecular formula is C29H32O15. The Bertz CT molecular complexity index is 1570. The highest BCUT2D eigenvalue weighted by atomic mass is 16.7. The quantitative estimate of drug-likeness (QED) is 0.162. The van der Waals surface area contributed by atoms with Crippen molar-refractivity contribution in [2.24, 2.45) is 0 Å². The number of phenols is 3. The summed E-state index contributed by atoms with van der Waals surface area (Å²) in [5.41, 5.74) is -1.03. The fraction of sp³-hybridized carbons (Fsp3) is 0.448. The van der Waals surface area contributed by atoms with E-state index in [9.17, 15) is 50.4 Å². The molecule has 5 rings (SSSR count). The fourth-order valence-corrected chi connectivity index (χ4v) is 5.45. The van der Waals surface area contributed by atoms with E-state index in [0.717, 1.165) is 19.1 Å². The van der Waals surface area contributed by atoms with E-state index in [1.807, 2.05) is 0 Å². The molecule has 0 aliphatic carbocycles. The van der Waals surface area contributed by atoms with Crippen LogP contribution in [0.1, 0.15) is 25.5 Å². The van der Waals surface area contributed by atoms with Crippen molar-refractivity contribution in [1.29, 1.82) is 0 Å². The fourth-order valence-electron chi connectivity index (χ4n) is 5.45. The van der Waals surface area contributed by atoms with Crippen molar-refractivity contribution >= 4 is 16.9 Å². The maximum Gasteiger partial charge on any atom is 0.303 e. The summed E-state index contributed by atoms with van der Waals surface area (Å²) in [5, 5.41) is 84.2. The normalized spacial score (nSPS) is 32.4. The summed E-state index contributed by atoms with van der Waals surface area (Å²) < 4.78 is 27.9. The smallest absolute Gasteiger partial charge is 0.303 e. The lowest BCUT2D eigenvalue weighted by atomic mass is 9.89. The average Bonchev–Trinajstić information content (AvgIpc) is 2.97. The summed E-state index contributed by atoms with van der Waals surface area (Å²) in [6.45, 7) is 1.72. The molecule has 10 atom stereocenters. The van der Waals surface area contributed by atoms with Gasteiger partial charge in [0.2, 0.25) is 0 Å². The summed E-state index contributed by atoms with van der Waals surface area (Å²) in [4.78, 5) is 24.6. The highest BCUT2D eigenvalue weighted by Gasteiger charge is 2.52. The van der Waals surface area contributed by atoms with Gasteiger partial charge in [0, 0.05) is 24.6 Å². The van der Waals surface area contributed by atoms with Gasteiger partial charge in [-0.05, 0) is 31.2 Å². The van der Waals surface area contributed by atoms with Crippen molar-refractivity contribution in [3.8, 4) is 28.6 Å². The van der Waals surface area contributed by atoms with Crippen LogP contribution in [0, 0.1) is 0 Å². The van der Waals surface area contributed by atoms with Gasteiger partial charge in [-0.3, -0.25) is 9.59 Å². The molecule has 15 nitrogen and oxygen atoms in total. The van der Waals surface area contributed by atoms with E-state index in [1.54, 1.807) is 0 Å². The third kappa shape index (κ3) is 5.71. The predicted molar refractivity (Wildman–Crippen MR) is 146 cm³/mol. The number of aromatic hydroxyl groups is 3. The molecule has 44 heavy (non-hydrogen) atoms. The van der Waals surface area contributed by atoms with Gasteiger partial charge < -0.3 is 64.2 Å². The first-order chi connectivity index (χ1) is 20.8. The highest BCUT2D eigenvalue weighted by Crippen LogP contribution is 2.46. The molecule has 0 saturated carbocycles. The van der Waals surface area contributed by atoms with Crippen LogP contribution in [0.5, 0.6) is 17.2 Å². The molecule has 238 valence electrons. The Hall–Kier alpha value is -3.80. The molecule has 0 bridgehead atoms. The first-order valence-corrected chi connectivity index (χ1v) is 13.6. The minimum Gasteiger partial charge on any atom is -0.508 e. The molecule has 1 aromatic heterocycles. The Morgan fingerprint density at radius 2 is 1.57 bits per heavy atom. The molecular weight excluding hydrogens is 588 g/mol. The number of fused-ring (bicyclic) bond motifs is 1. The van der Waals surface area contributed by atoms with Crippen molar-refractivity contribution in [3.63, 3.8) is 0 Å². The lowest BCUT2D eigenvalue weighted by molar-refractivity contribution is -0.338. The first-order valence-electron chi connectivity index (χ1n) is 13.6. The van der Waals surface area contributed by atoms with Gasteiger partial charge in [0.15, 0.2) is 17.8 Å². The lowest BCUT2D eigenvalue weighted by Gasteiger charge is -2.46. The third-order valence-corrected chi connectivity index (χ3v) is 7.68. The molecule has 2 fully saturated rings. The second-order valence-corrected chi connectivity index (χ2v) is 10.7. The number of carbonyl (C=O) groups is 1. The number of hydrogen-bond acceptors (Lipinski definition) is 15. The number of hydrogen-bond donors (Lipinski definition) is 8. The number of rotatable bonds is 6. The van der Waals surface area contributed by atoms with Crippen LogP contribution >= 0.6 is 0 Å². The van der Waals surface area contributed by atoms with E-state index < -0.39 is 96.3 Å². The van der Waals surface area contributed by atoms with Crippen LogP contribution in [0.4, 0.5) is 0 Å². The van der Waals surface area contributed by atoms with Gasteiger partial charge in [0.25, 0.3) is 0 Å². The van der Waals surface area contributed by atoms with Gasteiger partial charge in [-0.1, -0.05) is 0 Å². The molecule has 0 radical (unpaired) electrons. The molecule has 0 spiro atoms.